The minimum absolute atomic E-state index is 0.291. The third-order valence-corrected chi connectivity index (χ3v) is 5.59. The predicted molar refractivity (Wildman–Crippen MR) is 90.2 cm³/mol. The maximum atomic E-state index is 6.36. The first-order chi connectivity index (χ1) is 9.98. The van der Waals surface area contributed by atoms with Gasteiger partial charge in [-0.2, -0.15) is 0 Å². The van der Waals surface area contributed by atoms with Crippen LogP contribution in [0.15, 0.2) is 18.2 Å². The molecule has 1 aromatic carbocycles. The normalized spacial score (nSPS) is 24.0. The molecule has 118 valence electrons. The van der Waals surface area contributed by atoms with E-state index in [1.807, 2.05) is 0 Å². The van der Waals surface area contributed by atoms with Crippen molar-refractivity contribution in [2.24, 2.45) is 5.41 Å². The van der Waals surface area contributed by atoms with E-state index >= 15 is 0 Å². The highest BCUT2D eigenvalue weighted by Crippen LogP contribution is 2.48. The Kier molecular flexibility index (Phi) is 4.98. The molecule has 1 aromatic rings. The lowest BCUT2D eigenvalue weighted by molar-refractivity contribution is -0.0836. The Hall–Kier alpha value is -1.02. The van der Waals surface area contributed by atoms with E-state index in [2.05, 4.69) is 65.2 Å². The van der Waals surface area contributed by atoms with E-state index in [-0.39, 0.29) is 0 Å². The molecule has 21 heavy (non-hydrogen) atoms. The number of aryl methyl sites for hydroxylation is 1. The second kappa shape index (κ2) is 6.39. The molecule has 0 radical (unpaired) electrons. The van der Waals surface area contributed by atoms with Crippen molar-refractivity contribution in [3.63, 3.8) is 0 Å². The molecule has 0 bridgehead atoms. The fourth-order valence-corrected chi connectivity index (χ4v) is 4.05. The van der Waals surface area contributed by atoms with Gasteiger partial charge >= 0.3 is 0 Å². The number of hydrogen-bond acceptors (Lipinski definition) is 2. The van der Waals surface area contributed by atoms with E-state index in [0.717, 1.165) is 12.2 Å². The summed E-state index contributed by atoms with van der Waals surface area (Å²) < 4.78 is 6.36. The molecule has 2 nitrogen and oxygen atoms in total. The number of hydrogen-bond donors (Lipinski definition) is 1. The lowest BCUT2D eigenvalue weighted by atomic mass is 9.58. The van der Waals surface area contributed by atoms with Gasteiger partial charge in [-0.3, -0.25) is 0 Å². The maximum absolute atomic E-state index is 6.36. The monoisotopic (exact) mass is 289 g/mol. The molecule has 2 unspecified atom stereocenters. The number of ether oxygens (including phenoxy) is 1. The lowest BCUT2D eigenvalue weighted by Crippen LogP contribution is -2.63. The van der Waals surface area contributed by atoms with Gasteiger partial charge in [0.25, 0.3) is 0 Å². The Morgan fingerprint density at radius 1 is 1.29 bits per heavy atom. The molecule has 2 rings (SSSR count). The summed E-state index contributed by atoms with van der Waals surface area (Å²) >= 11 is 0. The van der Waals surface area contributed by atoms with E-state index in [4.69, 9.17) is 4.74 Å². The van der Waals surface area contributed by atoms with Crippen molar-refractivity contribution in [1.29, 1.82) is 0 Å². The van der Waals surface area contributed by atoms with Gasteiger partial charge in [0.15, 0.2) is 0 Å². The highest BCUT2D eigenvalue weighted by molar-refractivity contribution is 5.37. The molecule has 1 aliphatic rings. The van der Waals surface area contributed by atoms with E-state index in [1.165, 1.54) is 24.0 Å². The second-order valence-electron chi connectivity index (χ2n) is 6.80. The molecule has 2 atom stereocenters. The van der Waals surface area contributed by atoms with Crippen molar-refractivity contribution >= 4 is 0 Å². The Balaban J connectivity index is 2.14. The lowest BCUT2D eigenvalue weighted by Gasteiger charge is -2.55. The summed E-state index contributed by atoms with van der Waals surface area (Å²) in [6.45, 7) is 11.2. The zero-order valence-electron chi connectivity index (χ0n) is 14.5. The van der Waals surface area contributed by atoms with E-state index in [9.17, 15) is 0 Å². The van der Waals surface area contributed by atoms with Crippen molar-refractivity contribution in [3.8, 4) is 5.75 Å². The van der Waals surface area contributed by atoms with E-state index in [0.29, 0.717) is 23.5 Å². The summed E-state index contributed by atoms with van der Waals surface area (Å²) in [7, 11) is 2.07. The summed E-state index contributed by atoms with van der Waals surface area (Å²) in [4.78, 5) is 0. The Morgan fingerprint density at radius 2 is 1.95 bits per heavy atom. The fraction of sp³-hybridized carbons (Fsp3) is 0.684. The average Bonchev–Trinajstić information content (AvgIpc) is 2.44. The molecule has 2 heteroatoms. The van der Waals surface area contributed by atoms with Gasteiger partial charge in [-0.05, 0) is 56.0 Å². The van der Waals surface area contributed by atoms with Crippen molar-refractivity contribution in [2.75, 3.05) is 7.05 Å². The molecule has 0 saturated heterocycles. The molecule has 0 spiro atoms. The topological polar surface area (TPSA) is 21.3 Å². The summed E-state index contributed by atoms with van der Waals surface area (Å²) in [5.41, 5.74) is 3.05. The van der Waals surface area contributed by atoms with Crippen LogP contribution in [0.3, 0.4) is 0 Å². The first-order valence-corrected chi connectivity index (χ1v) is 8.43. The standard InChI is InChI=1S/C19H31NO/c1-7-19(8-2)17(20-6)12-18(19)21-15-9-10-16(13(3)4)14(5)11-15/h9-11,13,17-18,20H,7-8,12H2,1-6H3. The third kappa shape index (κ3) is 2.83. The van der Waals surface area contributed by atoms with Crippen LogP contribution in [-0.4, -0.2) is 19.2 Å². The predicted octanol–water partition coefficient (Wildman–Crippen LogP) is 4.66. The van der Waals surface area contributed by atoms with Crippen LogP contribution < -0.4 is 10.1 Å². The van der Waals surface area contributed by atoms with Crippen LogP contribution >= 0.6 is 0 Å². The SMILES string of the molecule is CCC1(CC)C(NC)CC1Oc1ccc(C(C)C)c(C)c1. The van der Waals surface area contributed by atoms with Gasteiger partial charge in [0.1, 0.15) is 11.9 Å². The van der Waals surface area contributed by atoms with Crippen molar-refractivity contribution < 1.29 is 4.74 Å². The molecule has 0 aliphatic heterocycles. The van der Waals surface area contributed by atoms with Crippen LogP contribution in [0.1, 0.15) is 64.0 Å². The zero-order valence-corrected chi connectivity index (χ0v) is 14.5. The zero-order chi connectivity index (χ0) is 15.6. The minimum atomic E-state index is 0.291. The van der Waals surface area contributed by atoms with Crippen molar-refractivity contribution in [2.45, 2.75) is 71.9 Å². The highest BCUT2D eigenvalue weighted by Gasteiger charge is 2.53. The molecule has 0 aromatic heterocycles. The van der Waals surface area contributed by atoms with Gasteiger partial charge in [0.2, 0.25) is 0 Å². The van der Waals surface area contributed by atoms with E-state index < -0.39 is 0 Å². The third-order valence-electron chi connectivity index (χ3n) is 5.59. The van der Waals surface area contributed by atoms with Gasteiger partial charge in [0, 0.05) is 17.9 Å². The van der Waals surface area contributed by atoms with Crippen LogP contribution in [-0.2, 0) is 0 Å². The van der Waals surface area contributed by atoms with Crippen LogP contribution in [0.2, 0.25) is 0 Å². The summed E-state index contributed by atoms with van der Waals surface area (Å²) in [6.07, 6.45) is 3.79. The maximum Gasteiger partial charge on any atom is 0.120 e. The molecular formula is C19H31NO. The largest absolute Gasteiger partial charge is 0.490 e. The van der Waals surface area contributed by atoms with Crippen LogP contribution in [0.4, 0.5) is 0 Å². The summed E-state index contributed by atoms with van der Waals surface area (Å²) in [5.74, 6) is 1.60. The minimum Gasteiger partial charge on any atom is -0.490 e. The Bertz CT molecular complexity index is 476. The smallest absolute Gasteiger partial charge is 0.120 e. The van der Waals surface area contributed by atoms with Gasteiger partial charge in [0.05, 0.1) is 0 Å². The molecular weight excluding hydrogens is 258 g/mol. The first kappa shape index (κ1) is 16.4. The van der Waals surface area contributed by atoms with Crippen LogP contribution in [0.25, 0.3) is 0 Å². The highest BCUT2D eigenvalue weighted by atomic mass is 16.5. The first-order valence-electron chi connectivity index (χ1n) is 8.43. The van der Waals surface area contributed by atoms with Gasteiger partial charge < -0.3 is 10.1 Å². The number of rotatable bonds is 6. The van der Waals surface area contributed by atoms with Crippen molar-refractivity contribution in [3.05, 3.63) is 29.3 Å². The second-order valence-corrected chi connectivity index (χ2v) is 6.80. The van der Waals surface area contributed by atoms with Crippen molar-refractivity contribution in [1.82, 2.24) is 5.32 Å². The Labute approximate surface area is 130 Å². The number of benzene rings is 1. The fourth-order valence-electron chi connectivity index (χ4n) is 4.05. The van der Waals surface area contributed by atoms with Gasteiger partial charge in [-0.1, -0.05) is 33.8 Å². The van der Waals surface area contributed by atoms with Gasteiger partial charge in [-0.25, -0.2) is 0 Å². The molecule has 1 N–H and O–H groups in total. The van der Waals surface area contributed by atoms with Crippen LogP contribution in [0.5, 0.6) is 5.75 Å². The van der Waals surface area contributed by atoms with Gasteiger partial charge in [-0.15, -0.1) is 0 Å². The molecule has 0 amide bonds. The summed E-state index contributed by atoms with van der Waals surface area (Å²) in [5, 5.41) is 3.47. The number of nitrogens with one attached hydrogen (secondary N) is 1. The molecule has 0 heterocycles. The quantitative estimate of drug-likeness (QED) is 0.822. The molecule has 1 aliphatic carbocycles. The molecule has 1 saturated carbocycles. The van der Waals surface area contributed by atoms with E-state index in [1.54, 1.807) is 0 Å². The average molecular weight is 289 g/mol. The molecule has 1 fully saturated rings. The summed E-state index contributed by atoms with van der Waals surface area (Å²) in [6, 6.07) is 7.17. The Morgan fingerprint density at radius 3 is 2.43 bits per heavy atom. The van der Waals surface area contributed by atoms with Crippen LogP contribution in [0, 0.1) is 12.3 Å².